The SMILES string of the molecule is COc1cccc(NC(=O)C[C@H](CN2CCN(c3ncccc3C#N)CC2)C(=O)O)c1. The number of aromatic nitrogens is 1. The molecule has 9 heteroatoms. The second kappa shape index (κ2) is 10.4. The maximum Gasteiger partial charge on any atom is 0.308 e. The molecule has 2 aromatic rings. The highest BCUT2D eigenvalue weighted by Crippen LogP contribution is 2.20. The van der Waals surface area contributed by atoms with Gasteiger partial charge >= 0.3 is 5.97 Å². The number of benzene rings is 1. The van der Waals surface area contributed by atoms with Gasteiger partial charge in [0.1, 0.15) is 17.6 Å². The Kier molecular flexibility index (Phi) is 7.40. The predicted molar refractivity (Wildman–Crippen MR) is 115 cm³/mol. The van der Waals surface area contributed by atoms with Crippen molar-refractivity contribution < 1.29 is 19.4 Å². The van der Waals surface area contributed by atoms with Crippen molar-refractivity contribution in [3.63, 3.8) is 0 Å². The van der Waals surface area contributed by atoms with Crippen molar-refractivity contribution in [3.05, 3.63) is 48.2 Å². The zero-order valence-corrected chi connectivity index (χ0v) is 17.3. The number of hydrogen-bond acceptors (Lipinski definition) is 7. The van der Waals surface area contributed by atoms with E-state index in [0.29, 0.717) is 49.0 Å². The van der Waals surface area contributed by atoms with E-state index >= 15 is 0 Å². The summed E-state index contributed by atoms with van der Waals surface area (Å²) in [5.41, 5.74) is 1.08. The number of hydrogen-bond donors (Lipinski definition) is 2. The molecule has 1 amide bonds. The smallest absolute Gasteiger partial charge is 0.308 e. The summed E-state index contributed by atoms with van der Waals surface area (Å²) >= 11 is 0. The first-order valence-corrected chi connectivity index (χ1v) is 9.99. The fraction of sp³-hybridized carbons (Fsp3) is 0.364. The molecule has 1 aliphatic heterocycles. The van der Waals surface area contributed by atoms with Crippen LogP contribution in [0.5, 0.6) is 5.75 Å². The van der Waals surface area contributed by atoms with Gasteiger partial charge in [0.05, 0.1) is 18.6 Å². The van der Waals surface area contributed by atoms with Crippen molar-refractivity contribution in [1.82, 2.24) is 9.88 Å². The highest BCUT2D eigenvalue weighted by Gasteiger charge is 2.27. The van der Waals surface area contributed by atoms with E-state index in [2.05, 4.69) is 16.4 Å². The van der Waals surface area contributed by atoms with Crippen molar-refractivity contribution in [3.8, 4) is 11.8 Å². The Labute approximate surface area is 180 Å². The number of piperazine rings is 1. The van der Waals surface area contributed by atoms with Gasteiger partial charge in [0.15, 0.2) is 0 Å². The van der Waals surface area contributed by atoms with Crippen LogP contribution < -0.4 is 15.0 Å². The van der Waals surface area contributed by atoms with Gasteiger partial charge in [0.25, 0.3) is 0 Å². The van der Waals surface area contributed by atoms with Crippen molar-refractivity contribution in [2.45, 2.75) is 6.42 Å². The van der Waals surface area contributed by atoms with Gasteiger partial charge in [-0.1, -0.05) is 6.07 Å². The second-order valence-corrected chi connectivity index (χ2v) is 7.29. The highest BCUT2D eigenvalue weighted by molar-refractivity contribution is 5.93. The fourth-order valence-electron chi connectivity index (χ4n) is 3.56. The van der Waals surface area contributed by atoms with Crippen LogP contribution in [0, 0.1) is 17.2 Å². The van der Waals surface area contributed by atoms with E-state index in [-0.39, 0.29) is 18.9 Å². The number of methoxy groups -OCH3 is 1. The van der Waals surface area contributed by atoms with E-state index in [1.54, 1.807) is 42.6 Å². The number of ether oxygens (including phenoxy) is 1. The zero-order valence-electron chi connectivity index (χ0n) is 17.3. The van der Waals surface area contributed by atoms with Crippen LogP contribution in [0.2, 0.25) is 0 Å². The molecule has 31 heavy (non-hydrogen) atoms. The number of rotatable bonds is 8. The summed E-state index contributed by atoms with van der Waals surface area (Å²) in [4.78, 5) is 32.5. The molecule has 0 spiro atoms. The number of pyridine rings is 1. The molecule has 162 valence electrons. The van der Waals surface area contributed by atoms with Gasteiger partial charge in [-0.3, -0.25) is 14.5 Å². The van der Waals surface area contributed by atoms with Crippen molar-refractivity contribution in [2.24, 2.45) is 5.92 Å². The molecule has 3 rings (SSSR count). The lowest BCUT2D eigenvalue weighted by molar-refractivity contribution is -0.144. The molecule has 1 aromatic carbocycles. The van der Waals surface area contributed by atoms with Crippen LogP contribution >= 0.6 is 0 Å². The molecule has 9 nitrogen and oxygen atoms in total. The number of carboxylic acid groups (broad SMARTS) is 1. The number of nitrogens with zero attached hydrogens (tertiary/aromatic N) is 4. The average molecular weight is 423 g/mol. The minimum Gasteiger partial charge on any atom is -0.497 e. The first-order chi connectivity index (χ1) is 15.0. The molecular formula is C22H25N5O4. The first kappa shape index (κ1) is 22.1. The summed E-state index contributed by atoms with van der Waals surface area (Å²) < 4.78 is 5.13. The topological polar surface area (TPSA) is 119 Å². The Balaban J connectivity index is 1.54. The minimum atomic E-state index is -1.00. The third-order valence-corrected chi connectivity index (χ3v) is 5.19. The molecule has 1 aliphatic rings. The number of anilines is 2. The van der Waals surface area contributed by atoms with Gasteiger partial charge in [-0.2, -0.15) is 5.26 Å². The van der Waals surface area contributed by atoms with Gasteiger partial charge in [0, 0.05) is 57.1 Å². The van der Waals surface area contributed by atoms with Crippen LogP contribution in [-0.4, -0.2) is 66.7 Å². The number of aliphatic carboxylic acids is 1. The summed E-state index contributed by atoms with van der Waals surface area (Å²) in [5.74, 6) is -0.914. The Bertz CT molecular complexity index is 966. The van der Waals surface area contributed by atoms with Crippen molar-refractivity contribution in [1.29, 1.82) is 5.26 Å². The summed E-state index contributed by atoms with van der Waals surface area (Å²) in [6.07, 6.45) is 1.54. The normalized spacial score (nSPS) is 15.0. The summed E-state index contributed by atoms with van der Waals surface area (Å²) in [6, 6.07) is 12.5. The number of carboxylic acids is 1. The van der Waals surface area contributed by atoms with Crippen LogP contribution in [0.1, 0.15) is 12.0 Å². The van der Waals surface area contributed by atoms with Crippen LogP contribution in [0.3, 0.4) is 0 Å². The second-order valence-electron chi connectivity index (χ2n) is 7.29. The summed E-state index contributed by atoms with van der Waals surface area (Å²) in [6.45, 7) is 2.80. The molecule has 0 radical (unpaired) electrons. The number of nitriles is 1. The van der Waals surface area contributed by atoms with E-state index in [1.165, 1.54) is 7.11 Å². The quantitative estimate of drug-likeness (QED) is 0.660. The molecule has 0 unspecified atom stereocenters. The third kappa shape index (κ3) is 5.93. The molecule has 1 saturated heterocycles. The van der Waals surface area contributed by atoms with Gasteiger partial charge in [-0.05, 0) is 24.3 Å². The number of carbonyl (C=O) groups is 2. The van der Waals surface area contributed by atoms with E-state index in [0.717, 1.165) is 0 Å². The fourth-order valence-corrected chi connectivity index (χ4v) is 3.56. The number of amides is 1. The lowest BCUT2D eigenvalue weighted by Gasteiger charge is -2.36. The zero-order chi connectivity index (χ0) is 22.2. The Morgan fingerprint density at radius 2 is 2.03 bits per heavy atom. The maximum absolute atomic E-state index is 12.4. The van der Waals surface area contributed by atoms with Gasteiger partial charge in [-0.15, -0.1) is 0 Å². The molecule has 2 N–H and O–H groups in total. The van der Waals surface area contributed by atoms with Gasteiger partial charge < -0.3 is 20.1 Å². The van der Waals surface area contributed by atoms with E-state index in [4.69, 9.17) is 4.74 Å². The molecule has 1 fully saturated rings. The molecule has 0 bridgehead atoms. The van der Waals surface area contributed by atoms with Gasteiger partial charge in [0.2, 0.25) is 5.91 Å². The summed E-state index contributed by atoms with van der Waals surface area (Å²) in [7, 11) is 1.54. The van der Waals surface area contributed by atoms with Crippen LogP contribution in [0.4, 0.5) is 11.5 Å². The highest BCUT2D eigenvalue weighted by atomic mass is 16.5. The largest absolute Gasteiger partial charge is 0.497 e. The maximum atomic E-state index is 12.4. The van der Waals surface area contributed by atoms with Crippen LogP contribution in [0.25, 0.3) is 0 Å². The van der Waals surface area contributed by atoms with E-state index in [9.17, 15) is 20.0 Å². The minimum absolute atomic E-state index is 0.119. The lowest BCUT2D eigenvalue weighted by atomic mass is 10.0. The molecule has 0 aliphatic carbocycles. The summed E-state index contributed by atoms with van der Waals surface area (Å²) in [5, 5.41) is 21.6. The molecular weight excluding hydrogens is 398 g/mol. The predicted octanol–water partition coefficient (Wildman–Crippen LogP) is 1.81. The van der Waals surface area contributed by atoms with E-state index in [1.807, 2.05) is 9.80 Å². The molecule has 1 atom stereocenters. The van der Waals surface area contributed by atoms with Crippen LogP contribution in [0.15, 0.2) is 42.6 Å². The first-order valence-electron chi connectivity index (χ1n) is 9.99. The molecule has 1 aromatic heterocycles. The average Bonchev–Trinajstić information content (AvgIpc) is 2.79. The Morgan fingerprint density at radius 3 is 2.71 bits per heavy atom. The number of carbonyl (C=O) groups excluding carboxylic acids is 1. The Hall–Kier alpha value is -3.64. The Morgan fingerprint density at radius 1 is 1.26 bits per heavy atom. The van der Waals surface area contributed by atoms with Gasteiger partial charge in [-0.25, -0.2) is 4.98 Å². The molecule has 2 heterocycles. The monoisotopic (exact) mass is 423 g/mol. The standard InChI is InChI=1S/C22H25N5O4/c1-31-19-6-2-5-18(13-19)25-20(28)12-17(22(29)30)15-26-8-10-27(11-9-26)21-16(14-23)4-3-7-24-21/h2-7,13,17H,8-12,15H2,1H3,(H,25,28)(H,29,30)/t17-/m1/s1. The number of nitrogens with one attached hydrogen (secondary N) is 1. The van der Waals surface area contributed by atoms with Crippen molar-refractivity contribution in [2.75, 3.05) is 50.1 Å². The molecule has 0 saturated carbocycles. The van der Waals surface area contributed by atoms with Crippen molar-refractivity contribution >= 4 is 23.4 Å². The van der Waals surface area contributed by atoms with E-state index < -0.39 is 11.9 Å². The third-order valence-electron chi connectivity index (χ3n) is 5.19. The van der Waals surface area contributed by atoms with Crippen LogP contribution in [-0.2, 0) is 9.59 Å². The lowest BCUT2D eigenvalue weighted by Crippen LogP contribution is -2.49.